The van der Waals surface area contributed by atoms with E-state index in [1.54, 1.807) is 13.1 Å². The minimum absolute atomic E-state index is 0.111. The molecule has 0 saturated carbocycles. The first kappa shape index (κ1) is 10.1. The van der Waals surface area contributed by atoms with Crippen LogP contribution < -0.4 is 5.56 Å². The van der Waals surface area contributed by atoms with Gasteiger partial charge in [-0.1, -0.05) is 28.1 Å². The minimum Gasteiger partial charge on any atom is -0.310 e. The van der Waals surface area contributed by atoms with E-state index >= 15 is 0 Å². The molecule has 76 valence electrons. The lowest BCUT2D eigenvalue weighted by atomic mass is 10.1. The average Bonchev–Trinajstić information content (AvgIpc) is 2.17. The number of rotatable bonds is 1. The Morgan fingerprint density at radius 3 is 2.87 bits per heavy atom. The van der Waals surface area contributed by atoms with Crippen LogP contribution in [0.3, 0.4) is 0 Å². The monoisotopic (exact) mass is 264 g/mol. The second-order valence-electron chi connectivity index (χ2n) is 3.22. The Morgan fingerprint density at radius 2 is 2.20 bits per heavy atom. The molecule has 0 aliphatic carbocycles. The van der Waals surface area contributed by atoms with E-state index in [0.29, 0.717) is 11.4 Å². The smallest absolute Gasteiger partial charge is 0.258 e. The van der Waals surface area contributed by atoms with E-state index in [2.05, 4.69) is 25.9 Å². The number of H-pyrrole nitrogens is 1. The lowest BCUT2D eigenvalue weighted by Gasteiger charge is -2.01. The van der Waals surface area contributed by atoms with E-state index in [4.69, 9.17) is 0 Å². The first-order valence-electron chi connectivity index (χ1n) is 4.48. The number of benzene rings is 1. The molecular weight excluding hydrogens is 256 g/mol. The topological polar surface area (TPSA) is 45.8 Å². The number of nitrogens with one attached hydrogen (secondary N) is 1. The lowest BCUT2D eigenvalue weighted by molar-refractivity contribution is 1.02. The van der Waals surface area contributed by atoms with Gasteiger partial charge in [-0.3, -0.25) is 4.79 Å². The number of aromatic nitrogens is 2. The lowest BCUT2D eigenvalue weighted by Crippen LogP contribution is -2.11. The summed E-state index contributed by atoms with van der Waals surface area (Å²) in [6.07, 6.45) is 1.59. The Labute approximate surface area is 95.3 Å². The molecular formula is C11H9BrN2O. The van der Waals surface area contributed by atoms with Crippen molar-refractivity contribution in [3.63, 3.8) is 0 Å². The van der Waals surface area contributed by atoms with Crippen LogP contribution in [0.4, 0.5) is 0 Å². The summed E-state index contributed by atoms with van der Waals surface area (Å²) in [7, 11) is 0. The molecule has 2 rings (SSSR count). The van der Waals surface area contributed by atoms with Crippen LogP contribution in [0, 0.1) is 6.92 Å². The number of halogens is 1. The molecule has 15 heavy (non-hydrogen) atoms. The number of aryl methyl sites for hydroxylation is 1. The van der Waals surface area contributed by atoms with Crippen LogP contribution in [0.25, 0.3) is 11.1 Å². The van der Waals surface area contributed by atoms with E-state index in [0.717, 1.165) is 10.0 Å². The first-order valence-corrected chi connectivity index (χ1v) is 5.28. The standard InChI is InChI=1S/C11H9BrN2O/c1-7-13-6-10(11(15)14-7)8-3-2-4-9(12)5-8/h2-6H,1H3,(H,13,14,15). The second-order valence-corrected chi connectivity index (χ2v) is 4.14. The zero-order valence-corrected chi connectivity index (χ0v) is 9.71. The van der Waals surface area contributed by atoms with Gasteiger partial charge in [0.05, 0.1) is 5.56 Å². The molecule has 0 atom stereocenters. The maximum absolute atomic E-state index is 11.6. The van der Waals surface area contributed by atoms with Gasteiger partial charge >= 0.3 is 0 Å². The van der Waals surface area contributed by atoms with E-state index in [1.165, 1.54) is 0 Å². The maximum atomic E-state index is 11.6. The Bertz CT molecular complexity index is 548. The van der Waals surface area contributed by atoms with E-state index in [-0.39, 0.29) is 5.56 Å². The van der Waals surface area contributed by atoms with Crippen LogP contribution in [0.2, 0.25) is 0 Å². The third-order valence-corrected chi connectivity index (χ3v) is 2.56. The quantitative estimate of drug-likeness (QED) is 0.861. The van der Waals surface area contributed by atoms with Gasteiger partial charge < -0.3 is 4.98 Å². The molecule has 0 saturated heterocycles. The Kier molecular flexibility index (Phi) is 2.68. The largest absolute Gasteiger partial charge is 0.310 e. The normalized spacial score (nSPS) is 10.3. The molecule has 0 fully saturated rings. The summed E-state index contributed by atoms with van der Waals surface area (Å²) in [6, 6.07) is 7.58. The van der Waals surface area contributed by atoms with E-state index < -0.39 is 0 Å². The molecule has 0 spiro atoms. The highest BCUT2D eigenvalue weighted by Gasteiger charge is 2.03. The molecule has 1 heterocycles. The van der Waals surface area contributed by atoms with Crippen molar-refractivity contribution in [1.82, 2.24) is 9.97 Å². The van der Waals surface area contributed by atoms with Gasteiger partial charge in [0.2, 0.25) is 0 Å². The van der Waals surface area contributed by atoms with Crippen molar-refractivity contribution in [1.29, 1.82) is 0 Å². The molecule has 0 unspecified atom stereocenters. The molecule has 0 aliphatic heterocycles. The summed E-state index contributed by atoms with van der Waals surface area (Å²) in [5.74, 6) is 0.624. The maximum Gasteiger partial charge on any atom is 0.258 e. The van der Waals surface area contributed by atoms with Crippen molar-refractivity contribution in [2.24, 2.45) is 0 Å². The van der Waals surface area contributed by atoms with Gasteiger partial charge in [-0.2, -0.15) is 0 Å². The fourth-order valence-corrected chi connectivity index (χ4v) is 1.74. The fourth-order valence-electron chi connectivity index (χ4n) is 1.35. The van der Waals surface area contributed by atoms with Gasteiger partial charge in [-0.25, -0.2) is 4.98 Å². The SMILES string of the molecule is Cc1ncc(-c2cccc(Br)c2)c(=O)[nH]1. The summed E-state index contributed by atoms with van der Waals surface area (Å²) in [5.41, 5.74) is 1.33. The van der Waals surface area contributed by atoms with E-state index in [1.807, 2.05) is 24.3 Å². The van der Waals surface area contributed by atoms with Crippen molar-refractivity contribution < 1.29 is 0 Å². The van der Waals surface area contributed by atoms with Crippen molar-refractivity contribution >= 4 is 15.9 Å². The number of aromatic amines is 1. The minimum atomic E-state index is -0.111. The molecule has 0 bridgehead atoms. The van der Waals surface area contributed by atoms with Gasteiger partial charge in [0.25, 0.3) is 5.56 Å². The Morgan fingerprint density at radius 1 is 1.40 bits per heavy atom. The van der Waals surface area contributed by atoms with Crippen LogP contribution in [-0.2, 0) is 0 Å². The van der Waals surface area contributed by atoms with E-state index in [9.17, 15) is 4.79 Å². The van der Waals surface area contributed by atoms with Crippen molar-refractivity contribution in [3.8, 4) is 11.1 Å². The van der Waals surface area contributed by atoms with Crippen LogP contribution >= 0.6 is 15.9 Å². The number of hydrogen-bond donors (Lipinski definition) is 1. The molecule has 4 heteroatoms. The first-order chi connectivity index (χ1) is 7.16. The van der Waals surface area contributed by atoms with Crippen molar-refractivity contribution in [3.05, 3.63) is 51.1 Å². The molecule has 1 aromatic heterocycles. The molecule has 0 amide bonds. The van der Waals surface area contributed by atoms with Crippen LogP contribution in [0.1, 0.15) is 5.82 Å². The molecule has 1 aromatic carbocycles. The molecule has 0 radical (unpaired) electrons. The second kappa shape index (κ2) is 3.98. The zero-order valence-electron chi connectivity index (χ0n) is 8.12. The average molecular weight is 265 g/mol. The predicted molar refractivity (Wildman–Crippen MR) is 62.7 cm³/mol. The van der Waals surface area contributed by atoms with Crippen molar-refractivity contribution in [2.75, 3.05) is 0 Å². The summed E-state index contributed by atoms with van der Waals surface area (Å²) >= 11 is 3.37. The van der Waals surface area contributed by atoms with Gasteiger partial charge in [-0.15, -0.1) is 0 Å². The molecule has 1 N–H and O–H groups in total. The number of hydrogen-bond acceptors (Lipinski definition) is 2. The van der Waals surface area contributed by atoms with Crippen LogP contribution in [-0.4, -0.2) is 9.97 Å². The molecule has 0 aliphatic rings. The number of nitrogens with zero attached hydrogens (tertiary/aromatic N) is 1. The predicted octanol–water partition coefficient (Wildman–Crippen LogP) is 2.51. The van der Waals surface area contributed by atoms with Gasteiger partial charge in [0.1, 0.15) is 5.82 Å². The summed E-state index contributed by atoms with van der Waals surface area (Å²) in [4.78, 5) is 18.4. The fraction of sp³-hybridized carbons (Fsp3) is 0.0909. The Hall–Kier alpha value is -1.42. The summed E-state index contributed by atoms with van der Waals surface area (Å²) in [5, 5.41) is 0. The summed E-state index contributed by atoms with van der Waals surface area (Å²) < 4.78 is 0.944. The van der Waals surface area contributed by atoms with Crippen LogP contribution in [0.5, 0.6) is 0 Å². The summed E-state index contributed by atoms with van der Waals surface area (Å²) in [6.45, 7) is 1.76. The Balaban J connectivity index is 2.59. The highest BCUT2D eigenvalue weighted by molar-refractivity contribution is 9.10. The van der Waals surface area contributed by atoms with Gasteiger partial charge in [0.15, 0.2) is 0 Å². The third-order valence-electron chi connectivity index (χ3n) is 2.06. The van der Waals surface area contributed by atoms with Crippen LogP contribution in [0.15, 0.2) is 39.7 Å². The highest BCUT2D eigenvalue weighted by atomic mass is 79.9. The molecule has 3 nitrogen and oxygen atoms in total. The van der Waals surface area contributed by atoms with Gasteiger partial charge in [-0.05, 0) is 24.6 Å². The highest BCUT2D eigenvalue weighted by Crippen LogP contribution is 2.19. The third kappa shape index (κ3) is 2.15. The zero-order chi connectivity index (χ0) is 10.8. The van der Waals surface area contributed by atoms with Crippen molar-refractivity contribution in [2.45, 2.75) is 6.92 Å². The molecule has 2 aromatic rings. The van der Waals surface area contributed by atoms with Gasteiger partial charge in [0, 0.05) is 10.7 Å².